The van der Waals surface area contributed by atoms with Crippen molar-refractivity contribution in [1.82, 2.24) is 9.80 Å². The molecule has 0 radical (unpaired) electrons. The molecule has 3 aromatic rings. The summed E-state index contributed by atoms with van der Waals surface area (Å²) in [6.45, 7) is 1.64. The van der Waals surface area contributed by atoms with Gasteiger partial charge in [0.25, 0.3) is 0 Å². The van der Waals surface area contributed by atoms with Crippen LogP contribution in [-0.2, 0) is 20.9 Å². The number of carbonyl (C=O) groups is 2. The van der Waals surface area contributed by atoms with Crippen LogP contribution in [0, 0.1) is 5.82 Å². The Morgan fingerprint density at radius 3 is 2.50 bits per heavy atom. The third-order valence-electron chi connectivity index (χ3n) is 6.71. The van der Waals surface area contributed by atoms with Crippen LogP contribution in [0.2, 0.25) is 5.02 Å². The molecule has 0 aliphatic carbocycles. The molecule has 1 saturated heterocycles. The molecule has 0 aromatic heterocycles. The van der Waals surface area contributed by atoms with E-state index in [-0.39, 0.29) is 56.8 Å². The molecule has 1 atom stereocenters. The molecule has 1 aliphatic rings. The maximum Gasteiger partial charge on any atom is 0.225 e. The number of carbonyl (C=O) groups excluding carboxylic acids is 2. The molecular formula is C31H34ClFN2O5. The molecule has 9 heteroatoms. The number of morpholine rings is 1. The van der Waals surface area contributed by atoms with Crippen LogP contribution in [0.3, 0.4) is 0 Å². The van der Waals surface area contributed by atoms with Gasteiger partial charge in [-0.3, -0.25) is 9.59 Å². The van der Waals surface area contributed by atoms with Crippen molar-refractivity contribution >= 4 is 23.4 Å². The number of halogens is 2. The minimum Gasteiger partial charge on any atom is -0.491 e. The van der Waals surface area contributed by atoms with E-state index in [1.807, 2.05) is 30.3 Å². The Hall–Kier alpha value is -3.62. The van der Waals surface area contributed by atoms with Gasteiger partial charge in [-0.15, -0.1) is 0 Å². The fraction of sp³-hybridized carbons (Fsp3) is 0.355. The predicted octanol–water partition coefficient (Wildman–Crippen LogP) is 5.36. The fourth-order valence-electron chi connectivity index (χ4n) is 4.53. The number of nitrogens with zero attached hydrogens (tertiary/aromatic N) is 2. The van der Waals surface area contributed by atoms with Crippen molar-refractivity contribution < 1.29 is 28.2 Å². The van der Waals surface area contributed by atoms with Crippen LogP contribution >= 0.6 is 11.6 Å². The highest BCUT2D eigenvalue weighted by molar-refractivity contribution is 6.30. The Balaban J connectivity index is 1.39. The normalized spacial score (nSPS) is 16.8. The van der Waals surface area contributed by atoms with Crippen molar-refractivity contribution in [2.45, 2.75) is 31.4 Å². The van der Waals surface area contributed by atoms with E-state index in [1.165, 1.54) is 6.07 Å². The minimum atomic E-state index is -1.03. The molecule has 1 aliphatic heterocycles. The van der Waals surface area contributed by atoms with Crippen LogP contribution in [0.5, 0.6) is 11.5 Å². The van der Waals surface area contributed by atoms with E-state index in [9.17, 15) is 14.0 Å². The summed E-state index contributed by atoms with van der Waals surface area (Å²) in [5.41, 5.74) is -0.0111. The maximum absolute atomic E-state index is 13.8. The van der Waals surface area contributed by atoms with Gasteiger partial charge < -0.3 is 24.0 Å². The molecule has 0 unspecified atom stereocenters. The van der Waals surface area contributed by atoms with E-state index in [2.05, 4.69) is 0 Å². The summed E-state index contributed by atoms with van der Waals surface area (Å²) in [5, 5.41) is 0.587. The molecule has 40 heavy (non-hydrogen) atoms. The van der Waals surface area contributed by atoms with E-state index >= 15 is 0 Å². The molecule has 0 saturated carbocycles. The topological polar surface area (TPSA) is 68.3 Å². The third kappa shape index (κ3) is 8.44. The van der Waals surface area contributed by atoms with Crippen LogP contribution in [0.4, 0.5) is 4.39 Å². The van der Waals surface area contributed by atoms with Gasteiger partial charge in [0.1, 0.15) is 18.0 Å². The van der Waals surface area contributed by atoms with Crippen molar-refractivity contribution in [1.29, 1.82) is 0 Å². The second kappa shape index (κ2) is 14.1. The highest BCUT2D eigenvalue weighted by Gasteiger charge is 2.42. The zero-order valence-electron chi connectivity index (χ0n) is 22.6. The minimum absolute atomic E-state index is 0.0457. The van der Waals surface area contributed by atoms with Crippen LogP contribution in [0.1, 0.15) is 24.8 Å². The monoisotopic (exact) mass is 568 g/mol. The average molecular weight is 569 g/mol. The van der Waals surface area contributed by atoms with E-state index < -0.39 is 11.4 Å². The second-order valence-electron chi connectivity index (χ2n) is 9.88. The van der Waals surface area contributed by atoms with Gasteiger partial charge >= 0.3 is 0 Å². The van der Waals surface area contributed by atoms with E-state index in [0.717, 1.165) is 5.56 Å². The summed E-state index contributed by atoms with van der Waals surface area (Å²) >= 11 is 6.00. The molecule has 7 nitrogen and oxygen atoms in total. The van der Waals surface area contributed by atoms with Gasteiger partial charge in [0.15, 0.2) is 11.6 Å². The molecule has 0 bridgehead atoms. The van der Waals surface area contributed by atoms with Crippen molar-refractivity contribution in [3.63, 3.8) is 0 Å². The number of benzene rings is 3. The Labute approximate surface area is 239 Å². The Bertz CT molecular complexity index is 1260. The van der Waals surface area contributed by atoms with Crippen LogP contribution in [0.25, 0.3) is 0 Å². The van der Waals surface area contributed by atoms with Crippen molar-refractivity contribution in [3.05, 3.63) is 95.3 Å². The highest BCUT2D eigenvalue weighted by Crippen LogP contribution is 2.27. The Morgan fingerprint density at radius 1 is 1.02 bits per heavy atom. The smallest absolute Gasteiger partial charge is 0.225 e. The van der Waals surface area contributed by atoms with Crippen LogP contribution in [-0.4, -0.2) is 67.2 Å². The van der Waals surface area contributed by atoms with Gasteiger partial charge in [-0.05, 0) is 48.4 Å². The summed E-state index contributed by atoms with van der Waals surface area (Å²) in [4.78, 5) is 29.8. The number of amides is 2. The number of ether oxygens (including phenoxy) is 3. The van der Waals surface area contributed by atoms with E-state index in [0.29, 0.717) is 30.3 Å². The first-order chi connectivity index (χ1) is 19.3. The van der Waals surface area contributed by atoms with Gasteiger partial charge in [0, 0.05) is 31.6 Å². The lowest BCUT2D eigenvalue weighted by molar-refractivity contribution is -0.165. The van der Waals surface area contributed by atoms with Crippen molar-refractivity contribution in [2.75, 3.05) is 40.0 Å². The molecule has 4 rings (SSSR count). The van der Waals surface area contributed by atoms with Gasteiger partial charge in [0.05, 0.1) is 26.2 Å². The van der Waals surface area contributed by atoms with Gasteiger partial charge in [0.2, 0.25) is 11.8 Å². The first-order valence-electron chi connectivity index (χ1n) is 13.3. The lowest BCUT2D eigenvalue weighted by Crippen LogP contribution is -2.58. The third-order valence-corrected chi connectivity index (χ3v) is 6.96. The molecular weight excluding hydrogens is 535 g/mol. The molecule has 1 fully saturated rings. The Morgan fingerprint density at radius 2 is 1.75 bits per heavy atom. The first kappa shape index (κ1) is 29.4. The maximum atomic E-state index is 13.8. The fourth-order valence-corrected chi connectivity index (χ4v) is 4.66. The largest absolute Gasteiger partial charge is 0.491 e. The van der Waals surface area contributed by atoms with Gasteiger partial charge in [-0.25, -0.2) is 4.39 Å². The first-order valence-corrected chi connectivity index (χ1v) is 13.7. The Kier molecular flexibility index (Phi) is 10.4. The number of rotatable bonds is 12. The van der Waals surface area contributed by atoms with E-state index in [1.54, 1.807) is 59.3 Å². The summed E-state index contributed by atoms with van der Waals surface area (Å²) in [7, 11) is 1.75. The second-order valence-corrected chi connectivity index (χ2v) is 10.3. The zero-order valence-corrected chi connectivity index (χ0v) is 23.3. The zero-order chi connectivity index (χ0) is 28.4. The average Bonchev–Trinajstić information content (AvgIpc) is 2.96. The van der Waals surface area contributed by atoms with Gasteiger partial charge in [-0.2, -0.15) is 0 Å². The molecule has 0 spiro atoms. The summed E-state index contributed by atoms with van der Waals surface area (Å²) < 4.78 is 31.5. The predicted molar refractivity (Wildman–Crippen MR) is 151 cm³/mol. The lowest BCUT2D eigenvalue weighted by Gasteiger charge is -2.42. The molecule has 0 N–H and O–H groups in total. The van der Waals surface area contributed by atoms with Crippen LogP contribution < -0.4 is 9.47 Å². The number of para-hydroxylation sites is 1. The highest BCUT2D eigenvalue weighted by atomic mass is 35.5. The van der Waals surface area contributed by atoms with E-state index in [4.69, 9.17) is 25.8 Å². The van der Waals surface area contributed by atoms with Crippen LogP contribution in [0.15, 0.2) is 78.9 Å². The SMILES string of the molecule is CN(Cc1ccccc1)C(=O)C[C@]1(COc2ccc(Cl)cc2)CN(C(=O)CCCOc2ccccc2F)CCO1. The van der Waals surface area contributed by atoms with Crippen molar-refractivity contribution in [2.24, 2.45) is 0 Å². The summed E-state index contributed by atoms with van der Waals surface area (Å²) in [5.74, 6) is 0.121. The lowest BCUT2D eigenvalue weighted by atomic mass is 9.96. The quantitative estimate of drug-likeness (QED) is 0.275. The van der Waals surface area contributed by atoms with Gasteiger partial charge in [-0.1, -0.05) is 54.1 Å². The molecule has 3 aromatic carbocycles. The summed E-state index contributed by atoms with van der Waals surface area (Å²) in [6, 6.07) is 22.9. The standard InChI is InChI=1S/C31H34ClFN2O5/c1-34(21-24-8-3-2-4-9-24)30(37)20-31(23-39-26-15-13-25(32)14-16-26)22-35(17-19-40-31)29(36)12-7-18-38-28-11-6-5-10-27(28)33/h2-6,8-11,13-16H,7,12,17-23H2,1H3/t31-/m1/s1. The van der Waals surface area contributed by atoms with Crippen molar-refractivity contribution in [3.8, 4) is 11.5 Å². The number of hydrogen-bond donors (Lipinski definition) is 0. The number of hydrogen-bond acceptors (Lipinski definition) is 5. The molecule has 2 amide bonds. The molecule has 1 heterocycles. The molecule has 212 valence electrons. The summed E-state index contributed by atoms with van der Waals surface area (Å²) in [6.07, 6.45) is 0.700.